The molecule has 0 aromatic carbocycles. The van der Waals surface area contributed by atoms with E-state index in [2.05, 4.69) is 29.5 Å². The van der Waals surface area contributed by atoms with Gasteiger partial charge in [-0.05, 0) is 45.7 Å². The summed E-state index contributed by atoms with van der Waals surface area (Å²) in [5, 5.41) is 6.25. The average molecular weight is 277 g/mol. The van der Waals surface area contributed by atoms with Crippen LogP contribution in [0.2, 0.25) is 0 Å². The summed E-state index contributed by atoms with van der Waals surface area (Å²) in [6.07, 6.45) is 2.80. The Morgan fingerprint density at radius 2 is 1.95 bits per heavy atom. The molecule has 0 atom stereocenters. The Hall–Kier alpha value is -1.58. The maximum atomic E-state index is 12.4. The predicted octanol–water partition coefficient (Wildman–Crippen LogP) is 3.38. The Morgan fingerprint density at radius 1 is 1.25 bits per heavy atom. The fourth-order valence-electron chi connectivity index (χ4n) is 1.84. The van der Waals surface area contributed by atoms with Crippen LogP contribution in [0.1, 0.15) is 63.5 Å². The highest BCUT2D eigenvalue weighted by atomic mass is 16.1. The van der Waals surface area contributed by atoms with Gasteiger partial charge in [0.25, 0.3) is 5.91 Å². The van der Waals surface area contributed by atoms with Crippen molar-refractivity contribution in [2.24, 2.45) is 0 Å². The van der Waals surface area contributed by atoms with Crippen molar-refractivity contribution in [3.8, 4) is 0 Å². The van der Waals surface area contributed by atoms with Gasteiger partial charge >= 0.3 is 0 Å². The maximum absolute atomic E-state index is 12.4. The standard InChI is InChI=1S/C16H27N3O/c1-6-9-13-10-12(11-14(18-13)17-8-3)15(20)19-16(4,5)7-2/h10-11H,6-9H2,1-5H3,(H,17,18)(H,19,20). The van der Waals surface area contributed by atoms with E-state index in [9.17, 15) is 4.79 Å². The van der Waals surface area contributed by atoms with E-state index in [-0.39, 0.29) is 11.4 Å². The zero-order valence-corrected chi connectivity index (χ0v) is 13.3. The number of anilines is 1. The van der Waals surface area contributed by atoms with E-state index in [1.54, 1.807) is 0 Å². The molecule has 0 fully saturated rings. The van der Waals surface area contributed by atoms with Crippen LogP contribution in [0.3, 0.4) is 0 Å². The van der Waals surface area contributed by atoms with Gasteiger partial charge in [-0.2, -0.15) is 0 Å². The first kappa shape index (κ1) is 16.5. The Labute approximate surface area is 122 Å². The van der Waals surface area contributed by atoms with Crippen molar-refractivity contribution in [3.63, 3.8) is 0 Å². The minimum atomic E-state index is -0.191. The molecule has 1 aromatic heterocycles. The van der Waals surface area contributed by atoms with Gasteiger partial charge in [-0.1, -0.05) is 20.3 Å². The number of pyridine rings is 1. The lowest BCUT2D eigenvalue weighted by Gasteiger charge is -2.24. The van der Waals surface area contributed by atoms with Crippen molar-refractivity contribution in [2.45, 2.75) is 59.4 Å². The number of hydrogen-bond donors (Lipinski definition) is 2. The number of hydrogen-bond acceptors (Lipinski definition) is 3. The predicted molar refractivity (Wildman–Crippen MR) is 84.2 cm³/mol. The molecule has 0 aliphatic rings. The second-order valence-electron chi connectivity index (χ2n) is 5.70. The highest BCUT2D eigenvalue weighted by Crippen LogP contribution is 2.14. The molecular weight excluding hydrogens is 250 g/mol. The Kier molecular flexibility index (Phi) is 5.99. The lowest BCUT2D eigenvalue weighted by Crippen LogP contribution is -2.42. The average Bonchev–Trinajstić information content (AvgIpc) is 2.39. The molecule has 0 unspecified atom stereocenters. The molecule has 1 amide bonds. The Bertz CT molecular complexity index is 431. The van der Waals surface area contributed by atoms with Gasteiger partial charge in [0.2, 0.25) is 0 Å². The molecule has 4 heteroatoms. The van der Waals surface area contributed by atoms with Crippen LogP contribution in [0.4, 0.5) is 5.82 Å². The number of nitrogens with one attached hydrogen (secondary N) is 2. The molecule has 0 radical (unpaired) electrons. The SMILES string of the molecule is CCCc1cc(C(=O)NC(C)(C)CC)cc(NCC)n1. The molecule has 1 heterocycles. The van der Waals surface area contributed by atoms with Crippen molar-refractivity contribution in [3.05, 3.63) is 23.4 Å². The minimum absolute atomic E-state index is 0.0317. The first-order valence-electron chi connectivity index (χ1n) is 7.49. The lowest BCUT2D eigenvalue weighted by molar-refractivity contribution is 0.0911. The van der Waals surface area contributed by atoms with Crippen LogP contribution in [-0.4, -0.2) is 23.0 Å². The zero-order valence-electron chi connectivity index (χ0n) is 13.3. The van der Waals surface area contributed by atoms with Gasteiger partial charge in [-0.25, -0.2) is 4.98 Å². The lowest BCUT2D eigenvalue weighted by atomic mass is 10.0. The van der Waals surface area contributed by atoms with Crippen molar-refractivity contribution in [1.29, 1.82) is 0 Å². The van der Waals surface area contributed by atoms with E-state index in [4.69, 9.17) is 0 Å². The van der Waals surface area contributed by atoms with E-state index >= 15 is 0 Å². The number of carbonyl (C=O) groups excluding carboxylic acids is 1. The first-order valence-corrected chi connectivity index (χ1v) is 7.49. The van der Waals surface area contributed by atoms with Crippen LogP contribution in [0, 0.1) is 0 Å². The minimum Gasteiger partial charge on any atom is -0.370 e. The molecule has 2 N–H and O–H groups in total. The molecule has 1 rings (SSSR count). The first-order chi connectivity index (χ1) is 9.41. The van der Waals surface area contributed by atoms with E-state index in [1.165, 1.54) is 0 Å². The van der Waals surface area contributed by atoms with E-state index in [0.29, 0.717) is 5.56 Å². The third kappa shape index (κ3) is 4.83. The topological polar surface area (TPSA) is 54.0 Å². The van der Waals surface area contributed by atoms with E-state index < -0.39 is 0 Å². The molecule has 112 valence electrons. The Morgan fingerprint density at radius 3 is 2.50 bits per heavy atom. The van der Waals surface area contributed by atoms with Crippen molar-refractivity contribution in [1.82, 2.24) is 10.3 Å². The van der Waals surface area contributed by atoms with E-state index in [1.807, 2.05) is 32.9 Å². The summed E-state index contributed by atoms with van der Waals surface area (Å²) in [7, 11) is 0. The zero-order chi connectivity index (χ0) is 15.2. The quantitative estimate of drug-likeness (QED) is 0.803. The van der Waals surface area contributed by atoms with Crippen LogP contribution >= 0.6 is 0 Å². The van der Waals surface area contributed by atoms with Gasteiger partial charge in [0, 0.05) is 23.3 Å². The summed E-state index contributed by atoms with van der Waals surface area (Å²) >= 11 is 0. The molecule has 1 aromatic rings. The molecule has 0 aliphatic heterocycles. The van der Waals surface area contributed by atoms with Crippen molar-refractivity contribution in [2.75, 3.05) is 11.9 Å². The van der Waals surface area contributed by atoms with Gasteiger partial charge in [0.1, 0.15) is 5.82 Å². The fourth-order valence-corrected chi connectivity index (χ4v) is 1.84. The Balaban J connectivity index is 3.00. The molecule has 0 saturated heterocycles. The van der Waals surface area contributed by atoms with Crippen molar-refractivity contribution < 1.29 is 4.79 Å². The van der Waals surface area contributed by atoms with E-state index in [0.717, 1.165) is 37.3 Å². The molecule has 4 nitrogen and oxygen atoms in total. The molecule has 0 spiro atoms. The van der Waals surface area contributed by atoms with Gasteiger partial charge in [0.05, 0.1) is 0 Å². The van der Waals surface area contributed by atoms with Gasteiger partial charge in [-0.3, -0.25) is 4.79 Å². The third-order valence-electron chi connectivity index (χ3n) is 3.34. The summed E-state index contributed by atoms with van der Waals surface area (Å²) in [6.45, 7) is 11.1. The number of nitrogens with zero attached hydrogens (tertiary/aromatic N) is 1. The maximum Gasteiger partial charge on any atom is 0.251 e. The highest BCUT2D eigenvalue weighted by molar-refractivity contribution is 5.95. The number of amides is 1. The largest absolute Gasteiger partial charge is 0.370 e. The summed E-state index contributed by atoms with van der Waals surface area (Å²) in [6, 6.07) is 3.72. The second kappa shape index (κ2) is 7.27. The summed E-state index contributed by atoms with van der Waals surface area (Å²) in [4.78, 5) is 16.9. The number of aromatic nitrogens is 1. The molecular formula is C16H27N3O. The normalized spacial score (nSPS) is 11.2. The smallest absolute Gasteiger partial charge is 0.251 e. The van der Waals surface area contributed by atoms with Crippen LogP contribution in [0.25, 0.3) is 0 Å². The fraction of sp³-hybridized carbons (Fsp3) is 0.625. The summed E-state index contributed by atoms with van der Waals surface area (Å²) < 4.78 is 0. The molecule has 0 saturated carbocycles. The van der Waals surface area contributed by atoms with Gasteiger partial charge in [0.15, 0.2) is 0 Å². The third-order valence-corrected chi connectivity index (χ3v) is 3.34. The monoisotopic (exact) mass is 277 g/mol. The summed E-state index contributed by atoms with van der Waals surface area (Å²) in [5.41, 5.74) is 1.45. The molecule has 0 bridgehead atoms. The van der Waals surface area contributed by atoms with Crippen LogP contribution in [-0.2, 0) is 6.42 Å². The number of aryl methyl sites for hydroxylation is 1. The van der Waals surface area contributed by atoms with Crippen molar-refractivity contribution >= 4 is 11.7 Å². The second-order valence-corrected chi connectivity index (χ2v) is 5.70. The van der Waals surface area contributed by atoms with Gasteiger partial charge < -0.3 is 10.6 Å². The molecule has 0 aliphatic carbocycles. The van der Waals surface area contributed by atoms with Crippen LogP contribution in [0.15, 0.2) is 12.1 Å². The summed E-state index contributed by atoms with van der Waals surface area (Å²) in [5.74, 6) is 0.744. The molecule has 20 heavy (non-hydrogen) atoms. The van der Waals surface area contributed by atoms with Crippen LogP contribution < -0.4 is 10.6 Å². The number of rotatable bonds is 7. The number of carbonyl (C=O) groups is 1. The van der Waals surface area contributed by atoms with Gasteiger partial charge in [-0.15, -0.1) is 0 Å². The highest BCUT2D eigenvalue weighted by Gasteiger charge is 2.19. The van der Waals surface area contributed by atoms with Crippen LogP contribution in [0.5, 0.6) is 0 Å².